The number of hydrogen-bond acceptors (Lipinski definition) is 5. The number of hydrogen-bond donors (Lipinski definition) is 1. The highest BCUT2D eigenvalue weighted by Gasteiger charge is 2.25. The Morgan fingerprint density at radius 2 is 1.61 bits per heavy atom. The zero-order chi connectivity index (χ0) is 22.0. The Bertz CT molecular complexity index is 1090. The maximum absolute atomic E-state index is 12.9. The van der Waals surface area contributed by atoms with Gasteiger partial charge in [-0.3, -0.25) is 4.79 Å². The van der Waals surface area contributed by atoms with Crippen LogP contribution in [-0.4, -0.2) is 50.2 Å². The van der Waals surface area contributed by atoms with E-state index in [1.807, 2.05) is 12.1 Å². The van der Waals surface area contributed by atoms with Crippen LogP contribution >= 0.6 is 0 Å². The molecule has 0 aliphatic carbocycles. The van der Waals surface area contributed by atoms with Crippen LogP contribution in [0.3, 0.4) is 0 Å². The van der Waals surface area contributed by atoms with Crippen molar-refractivity contribution in [3.05, 3.63) is 77.7 Å². The van der Waals surface area contributed by atoms with E-state index in [9.17, 15) is 14.7 Å². The largest absolute Gasteiger partial charge is 0.478 e. The predicted molar refractivity (Wildman–Crippen MR) is 120 cm³/mol. The van der Waals surface area contributed by atoms with Gasteiger partial charge < -0.3 is 24.2 Å². The quantitative estimate of drug-likeness (QED) is 0.676. The maximum Gasteiger partial charge on any atom is 0.335 e. The number of benzene rings is 2. The van der Waals surface area contributed by atoms with Crippen molar-refractivity contribution in [2.45, 2.75) is 6.92 Å². The van der Waals surface area contributed by atoms with Crippen LogP contribution in [0.15, 0.2) is 65.3 Å². The van der Waals surface area contributed by atoms with Gasteiger partial charge in [0.15, 0.2) is 5.76 Å². The molecule has 1 amide bonds. The Morgan fingerprint density at radius 3 is 2.23 bits per heavy atom. The summed E-state index contributed by atoms with van der Waals surface area (Å²) in [5.41, 5.74) is 3.99. The van der Waals surface area contributed by atoms with Crippen LogP contribution in [0.25, 0.3) is 0 Å². The van der Waals surface area contributed by atoms with Gasteiger partial charge in [-0.2, -0.15) is 0 Å². The topological polar surface area (TPSA) is 77.2 Å². The van der Waals surface area contributed by atoms with Gasteiger partial charge in [0.25, 0.3) is 5.91 Å². The highest BCUT2D eigenvalue weighted by atomic mass is 16.4. The van der Waals surface area contributed by atoms with E-state index in [1.54, 1.807) is 37.4 Å². The Labute approximate surface area is 181 Å². The van der Waals surface area contributed by atoms with Gasteiger partial charge in [-0.1, -0.05) is 18.2 Å². The maximum atomic E-state index is 12.9. The van der Waals surface area contributed by atoms with E-state index < -0.39 is 5.97 Å². The van der Waals surface area contributed by atoms with Crippen molar-refractivity contribution in [2.24, 2.45) is 0 Å². The lowest BCUT2D eigenvalue weighted by Gasteiger charge is -2.39. The van der Waals surface area contributed by atoms with Gasteiger partial charge in [-0.05, 0) is 48.9 Å². The summed E-state index contributed by atoms with van der Waals surface area (Å²) < 4.78 is 5.25. The van der Waals surface area contributed by atoms with Gasteiger partial charge in [0.2, 0.25) is 0 Å². The van der Waals surface area contributed by atoms with Crippen LogP contribution in [0.2, 0.25) is 0 Å². The molecule has 2 aromatic carbocycles. The van der Waals surface area contributed by atoms with Gasteiger partial charge in [0.1, 0.15) is 0 Å². The molecule has 4 rings (SSSR count). The molecular formula is C24H25N3O4. The van der Waals surface area contributed by atoms with Crippen LogP contribution in [0.5, 0.6) is 0 Å². The van der Waals surface area contributed by atoms with Crippen LogP contribution in [0.1, 0.15) is 26.5 Å². The zero-order valence-corrected chi connectivity index (χ0v) is 17.6. The lowest BCUT2D eigenvalue weighted by molar-refractivity contribution is 0.0696. The van der Waals surface area contributed by atoms with Crippen molar-refractivity contribution >= 4 is 28.9 Å². The van der Waals surface area contributed by atoms with Crippen molar-refractivity contribution in [3.8, 4) is 0 Å². The predicted octanol–water partition coefficient (Wildman–Crippen LogP) is 3.89. The van der Waals surface area contributed by atoms with Gasteiger partial charge >= 0.3 is 5.97 Å². The number of nitrogens with zero attached hydrogens (tertiary/aromatic N) is 3. The first-order valence-electron chi connectivity index (χ1n) is 10.2. The van der Waals surface area contributed by atoms with E-state index in [2.05, 4.69) is 28.9 Å². The number of carboxylic acid groups (broad SMARTS) is 1. The molecule has 160 valence electrons. The summed E-state index contributed by atoms with van der Waals surface area (Å²) in [6.07, 6.45) is 1.44. The first kappa shape index (κ1) is 20.5. The number of aromatic carboxylic acids is 1. The van der Waals surface area contributed by atoms with E-state index in [0.29, 0.717) is 5.69 Å². The third kappa shape index (κ3) is 4.12. The van der Waals surface area contributed by atoms with E-state index >= 15 is 0 Å². The molecule has 1 aliphatic rings. The summed E-state index contributed by atoms with van der Waals surface area (Å²) in [7, 11) is 1.64. The molecule has 7 nitrogen and oxygen atoms in total. The second kappa shape index (κ2) is 8.55. The number of carbonyl (C=O) groups is 2. The lowest BCUT2D eigenvalue weighted by Crippen LogP contribution is -2.47. The third-order valence-corrected chi connectivity index (χ3v) is 5.70. The van der Waals surface area contributed by atoms with Gasteiger partial charge in [-0.15, -0.1) is 0 Å². The third-order valence-electron chi connectivity index (χ3n) is 5.70. The molecule has 3 aromatic rings. The molecule has 1 aliphatic heterocycles. The van der Waals surface area contributed by atoms with Gasteiger partial charge in [-0.25, -0.2) is 4.79 Å². The van der Waals surface area contributed by atoms with Crippen LogP contribution in [0.4, 0.5) is 17.1 Å². The lowest BCUT2D eigenvalue weighted by atomic mass is 10.1. The van der Waals surface area contributed by atoms with Crippen LogP contribution < -0.4 is 14.7 Å². The number of furan rings is 1. The molecule has 31 heavy (non-hydrogen) atoms. The molecule has 0 radical (unpaired) electrons. The summed E-state index contributed by atoms with van der Waals surface area (Å²) in [6, 6.07) is 16.5. The smallest absolute Gasteiger partial charge is 0.335 e. The van der Waals surface area contributed by atoms with Crippen molar-refractivity contribution < 1.29 is 19.1 Å². The van der Waals surface area contributed by atoms with Crippen molar-refractivity contribution in [3.63, 3.8) is 0 Å². The molecule has 7 heteroatoms. The molecule has 1 saturated heterocycles. The van der Waals surface area contributed by atoms with E-state index in [4.69, 9.17) is 4.42 Å². The Hall–Kier alpha value is -3.74. The van der Waals surface area contributed by atoms with Crippen molar-refractivity contribution in [1.82, 2.24) is 0 Å². The summed E-state index contributed by atoms with van der Waals surface area (Å²) in [4.78, 5) is 30.4. The van der Waals surface area contributed by atoms with Gasteiger partial charge in [0.05, 0.1) is 23.2 Å². The number of piperazine rings is 1. The number of para-hydroxylation sites is 1. The first-order chi connectivity index (χ1) is 15.0. The SMILES string of the molecule is Cc1ccccc1N1CCN(c2ccc(C(=O)O)cc2N(C)C(=O)c2ccco2)CC1. The summed E-state index contributed by atoms with van der Waals surface area (Å²) in [6.45, 7) is 5.30. The number of aryl methyl sites for hydroxylation is 1. The molecule has 1 N–H and O–H groups in total. The minimum absolute atomic E-state index is 0.136. The standard InChI is InChI=1S/C24H25N3O4/c1-17-6-3-4-7-19(17)26-11-13-27(14-12-26)20-10-9-18(24(29)30)16-21(20)25(2)23(28)22-8-5-15-31-22/h3-10,15-16H,11-14H2,1-2H3,(H,29,30). The first-order valence-corrected chi connectivity index (χ1v) is 10.2. The molecular weight excluding hydrogens is 394 g/mol. The molecule has 0 atom stereocenters. The van der Waals surface area contributed by atoms with Gasteiger partial charge in [0, 0.05) is 38.9 Å². The average Bonchev–Trinajstić information content (AvgIpc) is 3.33. The number of amides is 1. The second-order valence-electron chi connectivity index (χ2n) is 7.61. The van der Waals surface area contributed by atoms with E-state index in [-0.39, 0.29) is 17.2 Å². The Morgan fingerprint density at radius 1 is 0.935 bits per heavy atom. The number of anilines is 3. The number of carbonyl (C=O) groups excluding carboxylic acids is 1. The Kier molecular flexibility index (Phi) is 5.66. The highest BCUT2D eigenvalue weighted by molar-refractivity contribution is 6.06. The van der Waals surface area contributed by atoms with E-state index in [0.717, 1.165) is 31.9 Å². The minimum atomic E-state index is -1.03. The van der Waals surface area contributed by atoms with Crippen LogP contribution in [-0.2, 0) is 0 Å². The summed E-state index contributed by atoms with van der Waals surface area (Å²) in [5, 5.41) is 9.46. The fourth-order valence-electron chi connectivity index (χ4n) is 3.97. The molecule has 1 aromatic heterocycles. The molecule has 0 unspecified atom stereocenters. The number of carboxylic acids is 1. The fraction of sp³-hybridized carbons (Fsp3) is 0.250. The van der Waals surface area contributed by atoms with Crippen molar-refractivity contribution in [2.75, 3.05) is 47.9 Å². The zero-order valence-electron chi connectivity index (χ0n) is 17.6. The average molecular weight is 419 g/mol. The number of rotatable bonds is 5. The fourth-order valence-corrected chi connectivity index (χ4v) is 3.97. The summed E-state index contributed by atoms with van der Waals surface area (Å²) in [5.74, 6) is -1.15. The second-order valence-corrected chi connectivity index (χ2v) is 7.61. The summed E-state index contributed by atoms with van der Waals surface area (Å²) >= 11 is 0. The molecule has 0 spiro atoms. The molecule has 0 saturated carbocycles. The van der Waals surface area contributed by atoms with Crippen molar-refractivity contribution in [1.29, 1.82) is 0 Å². The van der Waals surface area contributed by atoms with Crippen LogP contribution in [0, 0.1) is 6.92 Å². The highest BCUT2D eigenvalue weighted by Crippen LogP contribution is 2.33. The molecule has 1 fully saturated rings. The normalized spacial score (nSPS) is 13.9. The molecule has 2 heterocycles. The monoisotopic (exact) mass is 419 g/mol. The Balaban J connectivity index is 1.60. The molecule has 0 bridgehead atoms. The minimum Gasteiger partial charge on any atom is -0.478 e. The van der Waals surface area contributed by atoms with E-state index in [1.165, 1.54) is 22.4 Å².